The fraction of sp³-hybridized carbons (Fsp3) is 0.556. The molecular formula is C9H12ClN3O. The van der Waals surface area contributed by atoms with Crippen molar-refractivity contribution >= 4 is 11.6 Å². The summed E-state index contributed by atoms with van der Waals surface area (Å²) >= 11 is 5.87. The summed E-state index contributed by atoms with van der Waals surface area (Å²) in [6.07, 6.45) is 3.23. The van der Waals surface area contributed by atoms with E-state index in [-0.39, 0.29) is 6.61 Å². The third kappa shape index (κ3) is 2.03. The quantitative estimate of drug-likeness (QED) is 0.797. The number of aliphatic hydroxyl groups is 1. The zero-order valence-corrected chi connectivity index (χ0v) is 8.48. The average molecular weight is 214 g/mol. The van der Waals surface area contributed by atoms with Crippen LogP contribution < -0.4 is 0 Å². The van der Waals surface area contributed by atoms with Gasteiger partial charge in [0.05, 0.1) is 5.69 Å². The van der Waals surface area contributed by atoms with Gasteiger partial charge >= 0.3 is 0 Å². The predicted octanol–water partition coefficient (Wildman–Crippen LogP) is 0.554. The highest BCUT2D eigenvalue weighted by molar-refractivity contribution is 6.29. The molecule has 0 aliphatic carbocycles. The molecule has 14 heavy (non-hydrogen) atoms. The maximum atomic E-state index is 8.84. The first kappa shape index (κ1) is 9.83. The Balaban J connectivity index is 1.90. The molecular weight excluding hydrogens is 202 g/mol. The van der Waals surface area contributed by atoms with Crippen molar-refractivity contribution in [2.24, 2.45) is 5.92 Å². The minimum Gasteiger partial charge on any atom is -0.396 e. The third-order valence-corrected chi connectivity index (χ3v) is 2.70. The predicted molar refractivity (Wildman–Crippen MR) is 52.9 cm³/mol. The normalized spacial score (nSPS) is 18.1. The van der Waals surface area contributed by atoms with Gasteiger partial charge in [-0.15, -0.1) is 0 Å². The Kier molecular flexibility index (Phi) is 2.96. The van der Waals surface area contributed by atoms with Crippen LogP contribution in [0.1, 0.15) is 5.69 Å². The Bertz CT molecular complexity index is 315. The molecule has 0 aromatic carbocycles. The minimum atomic E-state index is 0.269. The standard InChI is InChI=1S/C9H12ClN3O/c10-9-8(11-1-2-12-9)5-13-3-7(4-13)6-14/h1-2,7,14H,3-6H2. The van der Waals surface area contributed by atoms with E-state index in [0.717, 1.165) is 25.3 Å². The van der Waals surface area contributed by atoms with Gasteiger partial charge in [0.2, 0.25) is 0 Å². The van der Waals surface area contributed by atoms with Gasteiger partial charge in [-0.1, -0.05) is 11.6 Å². The van der Waals surface area contributed by atoms with Gasteiger partial charge in [0.15, 0.2) is 5.15 Å². The van der Waals surface area contributed by atoms with E-state index in [2.05, 4.69) is 14.9 Å². The molecule has 0 atom stereocenters. The summed E-state index contributed by atoms with van der Waals surface area (Å²) < 4.78 is 0. The maximum Gasteiger partial charge on any atom is 0.151 e. The number of likely N-dealkylation sites (tertiary alicyclic amines) is 1. The summed E-state index contributed by atoms with van der Waals surface area (Å²) in [6, 6.07) is 0. The molecule has 0 saturated carbocycles. The second-order valence-corrected chi connectivity index (χ2v) is 3.89. The molecule has 76 valence electrons. The van der Waals surface area contributed by atoms with Crippen LogP contribution in [-0.4, -0.2) is 39.7 Å². The fourth-order valence-electron chi connectivity index (χ4n) is 1.59. The maximum absolute atomic E-state index is 8.84. The number of halogens is 1. The summed E-state index contributed by atoms with van der Waals surface area (Å²) in [5.41, 5.74) is 0.811. The average Bonchev–Trinajstić information content (AvgIpc) is 2.13. The van der Waals surface area contributed by atoms with Gasteiger partial charge in [-0.25, -0.2) is 4.98 Å². The topological polar surface area (TPSA) is 49.2 Å². The highest BCUT2D eigenvalue weighted by Crippen LogP contribution is 2.19. The number of hydrogen-bond donors (Lipinski definition) is 1. The molecule has 2 heterocycles. The molecule has 1 saturated heterocycles. The van der Waals surface area contributed by atoms with Crippen molar-refractivity contribution in [3.05, 3.63) is 23.2 Å². The highest BCUT2D eigenvalue weighted by atomic mass is 35.5. The first-order chi connectivity index (χ1) is 6.79. The van der Waals surface area contributed by atoms with Crippen molar-refractivity contribution in [2.75, 3.05) is 19.7 Å². The summed E-state index contributed by atoms with van der Waals surface area (Å²) in [6.45, 7) is 2.83. The molecule has 1 N–H and O–H groups in total. The number of nitrogens with zero attached hydrogens (tertiary/aromatic N) is 3. The molecule has 0 spiro atoms. The molecule has 1 aromatic heterocycles. The van der Waals surface area contributed by atoms with Crippen LogP contribution in [0.2, 0.25) is 5.15 Å². The lowest BCUT2D eigenvalue weighted by Gasteiger charge is -2.37. The molecule has 1 aromatic rings. The Hall–Kier alpha value is -0.710. The third-order valence-electron chi connectivity index (χ3n) is 2.39. The van der Waals surface area contributed by atoms with Crippen molar-refractivity contribution in [2.45, 2.75) is 6.54 Å². The Morgan fingerprint density at radius 2 is 2.14 bits per heavy atom. The lowest BCUT2D eigenvalue weighted by atomic mass is 10.0. The molecule has 0 radical (unpaired) electrons. The number of rotatable bonds is 3. The van der Waals surface area contributed by atoms with Crippen LogP contribution in [0, 0.1) is 5.92 Å². The summed E-state index contributed by atoms with van der Waals surface area (Å²) in [4.78, 5) is 10.3. The zero-order valence-electron chi connectivity index (χ0n) is 7.73. The largest absolute Gasteiger partial charge is 0.396 e. The molecule has 4 nitrogen and oxygen atoms in total. The van der Waals surface area contributed by atoms with Crippen molar-refractivity contribution in [3.63, 3.8) is 0 Å². The van der Waals surface area contributed by atoms with Gasteiger partial charge in [0, 0.05) is 44.6 Å². The van der Waals surface area contributed by atoms with E-state index in [1.54, 1.807) is 12.4 Å². The van der Waals surface area contributed by atoms with Crippen molar-refractivity contribution in [3.8, 4) is 0 Å². The van der Waals surface area contributed by atoms with E-state index >= 15 is 0 Å². The van der Waals surface area contributed by atoms with Crippen LogP contribution in [0.5, 0.6) is 0 Å². The molecule has 5 heteroatoms. The summed E-state index contributed by atoms with van der Waals surface area (Å²) in [5, 5.41) is 9.32. The molecule has 1 aliphatic rings. The van der Waals surface area contributed by atoms with Gasteiger partial charge < -0.3 is 5.11 Å². The lowest BCUT2D eigenvalue weighted by Crippen LogP contribution is -2.47. The lowest BCUT2D eigenvalue weighted by molar-refractivity contribution is 0.0469. The van der Waals surface area contributed by atoms with E-state index in [1.165, 1.54) is 0 Å². The van der Waals surface area contributed by atoms with Gasteiger partial charge in [-0.3, -0.25) is 9.88 Å². The van der Waals surface area contributed by atoms with Gasteiger partial charge in [-0.2, -0.15) is 0 Å². The Morgan fingerprint density at radius 1 is 1.43 bits per heavy atom. The molecule has 1 aliphatic heterocycles. The zero-order chi connectivity index (χ0) is 9.97. The highest BCUT2D eigenvalue weighted by Gasteiger charge is 2.26. The number of aliphatic hydroxyl groups excluding tert-OH is 1. The Labute approximate surface area is 87.5 Å². The second kappa shape index (κ2) is 4.21. The molecule has 1 fully saturated rings. The molecule has 0 amide bonds. The van der Waals surface area contributed by atoms with E-state index < -0.39 is 0 Å². The SMILES string of the molecule is OCC1CN(Cc2nccnc2Cl)C1. The van der Waals surface area contributed by atoms with E-state index in [1.807, 2.05) is 0 Å². The van der Waals surface area contributed by atoms with Gasteiger partial charge in [0.1, 0.15) is 0 Å². The van der Waals surface area contributed by atoms with Crippen LogP contribution in [0.4, 0.5) is 0 Å². The van der Waals surface area contributed by atoms with Crippen molar-refractivity contribution < 1.29 is 5.11 Å². The Morgan fingerprint density at radius 3 is 2.79 bits per heavy atom. The van der Waals surface area contributed by atoms with Gasteiger partial charge in [0.25, 0.3) is 0 Å². The van der Waals surface area contributed by atoms with Crippen LogP contribution in [0.25, 0.3) is 0 Å². The van der Waals surface area contributed by atoms with E-state index in [9.17, 15) is 0 Å². The first-order valence-corrected chi connectivity index (χ1v) is 4.96. The summed E-state index contributed by atoms with van der Waals surface area (Å²) in [5.74, 6) is 0.422. The second-order valence-electron chi connectivity index (χ2n) is 3.54. The van der Waals surface area contributed by atoms with Crippen LogP contribution in [0.15, 0.2) is 12.4 Å². The van der Waals surface area contributed by atoms with Crippen molar-refractivity contribution in [1.82, 2.24) is 14.9 Å². The van der Waals surface area contributed by atoms with Gasteiger partial charge in [-0.05, 0) is 0 Å². The van der Waals surface area contributed by atoms with E-state index in [0.29, 0.717) is 11.1 Å². The van der Waals surface area contributed by atoms with Crippen LogP contribution in [-0.2, 0) is 6.54 Å². The van der Waals surface area contributed by atoms with E-state index in [4.69, 9.17) is 16.7 Å². The number of aromatic nitrogens is 2. The van der Waals surface area contributed by atoms with Crippen LogP contribution in [0.3, 0.4) is 0 Å². The van der Waals surface area contributed by atoms with Crippen LogP contribution >= 0.6 is 11.6 Å². The smallest absolute Gasteiger partial charge is 0.151 e. The van der Waals surface area contributed by atoms with Crippen molar-refractivity contribution in [1.29, 1.82) is 0 Å². The molecule has 0 unspecified atom stereocenters. The summed E-state index contributed by atoms with van der Waals surface area (Å²) in [7, 11) is 0. The molecule has 0 bridgehead atoms. The fourth-order valence-corrected chi connectivity index (χ4v) is 1.75. The monoisotopic (exact) mass is 213 g/mol. The first-order valence-electron chi connectivity index (χ1n) is 4.58. The minimum absolute atomic E-state index is 0.269. The number of hydrogen-bond acceptors (Lipinski definition) is 4. The molecule has 2 rings (SSSR count).